The van der Waals surface area contributed by atoms with Crippen LogP contribution in [0.3, 0.4) is 0 Å². The third-order valence-electron chi connectivity index (χ3n) is 1.53. The van der Waals surface area contributed by atoms with Crippen LogP contribution in [0, 0.1) is 11.3 Å². The molecule has 0 aliphatic carbocycles. The smallest absolute Gasteiger partial charge is 0.0931 e. The van der Waals surface area contributed by atoms with Crippen LogP contribution in [-0.4, -0.2) is 0 Å². The molecule has 0 spiro atoms. The minimum atomic E-state index is -0.0397. The molecular weight excluding hydrogens is 192 g/mol. The van der Waals surface area contributed by atoms with Crippen molar-refractivity contribution in [3.8, 4) is 6.07 Å². The molecule has 0 bridgehead atoms. The van der Waals surface area contributed by atoms with Crippen LogP contribution in [0.1, 0.15) is 23.8 Å². The molecule has 0 saturated heterocycles. The van der Waals surface area contributed by atoms with Gasteiger partial charge in [0, 0.05) is 17.3 Å². The molecule has 1 atom stereocenters. The van der Waals surface area contributed by atoms with Crippen molar-refractivity contribution in [1.29, 1.82) is 5.26 Å². The first kappa shape index (κ1) is 9.53. The molecule has 0 aliphatic rings. The lowest BCUT2D eigenvalue weighted by atomic mass is 10.1. The molecule has 0 amide bonds. The second-order valence-corrected chi connectivity index (χ2v) is 4.19. The summed E-state index contributed by atoms with van der Waals surface area (Å²) in [6.07, 6.45) is 1.20. The number of thiophene rings is 1. The normalized spacial score (nSPS) is 12.4. The van der Waals surface area contributed by atoms with E-state index in [-0.39, 0.29) is 6.04 Å². The predicted molar refractivity (Wildman–Crippen MR) is 51.1 cm³/mol. The van der Waals surface area contributed by atoms with Gasteiger partial charge in [-0.05, 0) is 18.6 Å². The SMILES string of the molecule is N#CCCC(N)c1ccc(Cl)s1. The molecule has 0 saturated carbocycles. The summed E-state index contributed by atoms with van der Waals surface area (Å²) in [5.41, 5.74) is 5.80. The van der Waals surface area contributed by atoms with E-state index in [0.717, 1.165) is 9.21 Å². The van der Waals surface area contributed by atoms with Crippen LogP contribution in [0.25, 0.3) is 0 Å². The fraction of sp³-hybridized carbons (Fsp3) is 0.375. The average molecular weight is 201 g/mol. The highest BCUT2D eigenvalue weighted by molar-refractivity contribution is 7.16. The first-order valence-electron chi connectivity index (χ1n) is 3.62. The zero-order chi connectivity index (χ0) is 8.97. The van der Waals surface area contributed by atoms with Crippen LogP contribution < -0.4 is 5.73 Å². The highest BCUT2D eigenvalue weighted by atomic mass is 35.5. The second-order valence-electron chi connectivity index (χ2n) is 2.45. The molecule has 1 rings (SSSR count). The van der Waals surface area contributed by atoms with Gasteiger partial charge in [0.25, 0.3) is 0 Å². The highest BCUT2D eigenvalue weighted by Gasteiger charge is 2.07. The molecule has 12 heavy (non-hydrogen) atoms. The van der Waals surface area contributed by atoms with Gasteiger partial charge in [0.15, 0.2) is 0 Å². The maximum atomic E-state index is 8.34. The van der Waals surface area contributed by atoms with E-state index < -0.39 is 0 Å². The van der Waals surface area contributed by atoms with E-state index >= 15 is 0 Å². The van der Waals surface area contributed by atoms with Crippen molar-refractivity contribution in [2.45, 2.75) is 18.9 Å². The van der Waals surface area contributed by atoms with E-state index in [1.54, 1.807) is 0 Å². The molecule has 0 fully saturated rings. The molecule has 4 heteroatoms. The van der Waals surface area contributed by atoms with E-state index in [1.807, 2.05) is 12.1 Å². The van der Waals surface area contributed by atoms with Gasteiger partial charge in [-0.25, -0.2) is 0 Å². The lowest BCUT2D eigenvalue weighted by molar-refractivity contribution is 0.676. The Morgan fingerprint density at radius 3 is 2.92 bits per heavy atom. The third kappa shape index (κ3) is 2.49. The van der Waals surface area contributed by atoms with E-state index in [1.165, 1.54) is 11.3 Å². The van der Waals surface area contributed by atoms with Crippen molar-refractivity contribution in [1.82, 2.24) is 0 Å². The van der Waals surface area contributed by atoms with E-state index in [2.05, 4.69) is 6.07 Å². The standard InChI is InChI=1S/C8H9ClN2S/c9-8-4-3-7(12-8)6(11)2-1-5-10/h3-4,6H,1-2,11H2. The van der Waals surface area contributed by atoms with Crippen LogP contribution in [0.2, 0.25) is 4.34 Å². The van der Waals surface area contributed by atoms with Crippen molar-refractivity contribution in [3.63, 3.8) is 0 Å². The Hall–Kier alpha value is -0.560. The molecule has 0 radical (unpaired) electrons. The number of rotatable bonds is 3. The van der Waals surface area contributed by atoms with Gasteiger partial charge in [-0.15, -0.1) is 11.3 Å². The van der Waals surface area contributed by atoms with E-state index in [4.69, 9.17) is 22.6 Å². The van der Waals surface area contributed by atoms with E-state index in [9.17, 15) is 0 Å². The van der Waals surface area contributed by atoms with Gasteiger partial charge in [-0.2, -0.15) is 5.26 Å². The number of hydrogen-bond acceptors (Lipinski definition) is 3. The first-order chi connectivity index (χ1) is 5.74. The molecule has 0 aromatic carbocycles. The molecule has 1 aromatic heterocycles. The van der Waals surface area contributed by atoms with Crippen molar-refractivity contribution in [2.24, 2.45) is 5.73 Å². The zero-order valence-corrected chi connectivity index (χ0v) is 8.03. The summed E-state index contributed by atoms with van der Waals surface area (Å²) in [6, 6.07) is 5.77. The number of hydrogen-bond donors (Lipinski definition) is 1. The van der Waals surface area contributed by atoms with Gasteiger partial charge in [-0.3, -0.25) is 0 Å². The van der Waals surface area contributed by atoms with Crippen LogP contribution in [-0.2, 0) is 0 Å². The molecule has 1 unspecified atom stereocenters. The molecule has 1 heterocycles. The maximum Gasteiger partial charge on any atom is 0.0931 e. The Kier molecular flexibility index (Phi) is 3.54. The van der Waals surface area contributed by atoms with Crippen LogP contribution in [0.15, 0.2) is 12.1 Å². The Morgan fingerprint density at radius 1 is 1.67 bits per heavy atom. The minimum absolute atomic E-state index is 0.0397. The summed E-state index contributed by atoms with van der Waals surface area (Å²) < 4.78 is 0.748. The highest BCUT2D eigenvalue weighted by Crippen LogP contribution is 2.27. The van der Waals surface area contributed by atoms with Crippen molar-refractivity contribution >= 4 is 22.9 Å². The van der Waals surface area contributed by atoms with Gasteiger partial charge in [0.05, 0.1) is 10.4 Å². The fourth-order valence-corrected chi connectivity index (χ4v) is 1.99. The Balaban J connectivity index is 2.54. The third-order valence-corrected chi connectivity index (χ3v) is 2.89. The number of nitrogens with two attached hydrogens (primary N) is 1. The molecule has 1 aromatic rings. The average Bonchev–Trinajstić information content (AvgIpc) is 2.47. The number of nitriles is 1. The summed E-state index contributed by atoms with van der Waals surface area (Å²) >= 11 is 7.21. The van der Waals surface area contributed by atoms with Crippen molar-refractivity contribution in [2.75, 3.05) is 0 Å². The summed E-state index contributed by atoms with van der Waals surface area (Å²) in [6.45, 7) is 0. The van der Waals surface area contributed by atoms with Gasteiger partial charge in [0.2, 0.25) is 0 Å². The molecule has 64 valence electrons. The van der Waals surface area contributed by atoms with Gasteiger partial charge < -0.3 is 5.73 Å². The largest absolute Gasteiger partial charge is 0.323 e. The molecule has 2 nitrogen and oxygen atoms in total. The monoisotopic (exact) mass is 200 g/mol. The lowest BCUT2D eigenvalue weighted by Gasteiger charge is -2.04. The second kappa shape index (κ2) is 4.46. The molecule has 2 N–H and O–H groups in total. The topological polar surface area (TPSA) is 49.8 Å². The zero-order valence-electron chi connectivity index (χ0n) is 6.46. The maximum absolute atomic E-state index is 8.34. The first-order valence-corrected chi connectivity index (χ1v) is 4.81. The molecule has 0 aliphatic heterocycles. The lowest BCUT2D eigenvalue weighted by Crippen LogP contribution is -2.07. The Morgan fingerprint density at radius 2 is 2.42 bits per heavy atom. The number of nitrogens with zero attached hydrogens (tertiary/aromatic N) is 1. The quantitative estimate of drug-likeness (QED) is 0.816. The Bertz CT molecular complexity index is 289. The predicted octanol–water partition coefficient (Wildman–Crippen LogP) is 2.71. The minimum Gasteiger partial charge on any atom is -0.323 e. The fourth-order valence-electron chi connectivity index (χ4n) is 0.890. The van der Waals surface area contributed by atoms with Crippen molar-refractivity contribution < 1.29 is 0 Å². The van der Waals surface area contributed by atoms with Crippen LogP contribution in [0.4, 0.5) is 0 Å². The van der Waals surface area contributed by atoms with Crippen molar-refractivity contribution in [3.05, 3.63) is 21.3 Å². The van der Waals surface area contributed by atoms with Gasteiger partial charge in [-0.1, -0.05) is 11.6 Å². The van der Waals surface area contributed by atoms with Crippen LogP contribution >= 0.6 is 22.9 Å². The summed E-state index contributed by atoms with van der Waals surface area (Å²) in [5, 5.41) is 8.34. The van der Waals surface area contributed by atoms with E-state index in [0.29, 0.717) is 12.8 Å². The summed E-state index contributed by atoms with van der Waals surface area (Å²) in [7, 11) is 0. The van der Waals surface area contributed by atoms with Crippen LogP contribution in [0.5, 0.6) is 0 Å². The molecular formula is C8H9ClN2S. The number of halogens is 1. The Labute approximate surface area is 80.6 Å². The van der Waals surface area contributed by atoms with Gasteiger partial charge >= 0.3 is 0 Å². The summed E-state index contributed by atoms with van der Waals surface area (Å²) in [4.78, 5) is 1.05. The summed E-state index contributed by atoms with van der Waals surface area (Å²) in [5.74, 6) is 0. The van der Waals surface area contributed by atoms with Gasteiger partial charge in [0.1, 0.15) is 0 Å².